The van der Waals surface area contributed by atoms with Crippen LogP contribution in [0.3, 0.4) is 0 Å². The van der Waals surface area contributed by atoms with Crippen LogP contribution in [0.2, 0.25) is 0 Å². The molecule has 0 radical (unpaired) electrons. The maximum absolute atomic E-state index is 4.13. The van der Waals surface area contributed by atoms with Gasteiger partial charge in [0.1, 0.15) is 0 Å². The fourth-order valence-corrected chi connectivity index (χ4v) is 15.1. The van der Waals surface area contributed by atoms with Crippen LogP contribution < -0.4 is 30.8 Å². The predicted octanol–water partition coefficient (Wildman–Crippen LogP) is 14.0. The second-order valence-corrected chi connectivity index (χ2v) is 24.6. The highest BCUT2D eigenvalue weighted by Gasteiger charge is 2.58. The molecule has 3 nitrogen and oxygen atoms in total. The van der Waals surface area contributed by atoms with Crippen molar-refractivity contribution < 1.29 is 0 Å². The van der Waals surface area contributed by atoms with E-state index in [4.69, 9.17) is 0 Å². The van der Waals surface area contributed by atoms with Crippen molar-refractivity contribution in [3.8, 4) is 0 Å². The topological polar surface area (TPSA) is 18.5 Å². The van der Waals surface area contributed by atoms with Gasteiger partial charge in [-0.1, -0.05) is 105 Å². The molecule has 3 aliphatic heterocycles. The molecule has 1 fully saturated rings. The Hall–Kier alpha value is -4.48. The molecule has 5 aromatic carbocycles. The molecule has 2 unspecified atom stereocenters. The van der Waals surface area contributed by atoms with Gasteiger partial charge in [0.15, 0.2) is 0 Å². The molecule has 2 atom stereocenters. The van der Waals surface area contributed by atoms with E-state index in [9.17, 15) is 0 Å². The number of anilines is 7. The van der Waals surface area contributed by atoms with E-state index < -0.39 is 0 Å². The van der Waals surface area contributed by atoms with Crippen molar-refractivity contribution in [1.82, 2.24) is 0 Å². The van der Waals surface area contributed by atoms with Crippen molar-refractivity contribution in [1.29, 1.82) is 0 Å². The van der Waals surface area contributed by atoms with Gasteiger partial charge < -0.3 is 15.1 Å². The summed E-state index contributed by atoms with van der Waals surface area (Å²) in [6, 6.07) is 34.5. The zero-order valence-electron chi connectivity index (χ0n) is 39.1. The molecule has 1 saturated carbocycles. The Bertz CT molecular complexity index is 2930. The predicted molar refractivity (Wildman–Crippen MR) is 269 cm³/mol. The van der Waals surface area contributed by atoms with E-state index in [2.05, 4.69) is 188 Å². The number of fused-ring (bicyclic) bond motifs is 11. The second kappa shape index (κ2) is 12.4. The smallest absolute Gasteiger partial charge is 0.264 e. The van der Waals surface area contributed by atoms with Crippen molar-refractivity contribution in [3.63, 3.8) is 0 Å². The van der Waals surface area contributed by atoms with E-state index in [1.807, 2.05) is 0 Å². The first-order chi connectivity index (χ1) is 29.3. The molecule has 1 N–H and O–H groups in total. The molecule has 4 heterocycles. The lowest BCUT2D eigenvalue weighted by Crippen LogP contribution is -2.59. The molecule has 6 aliphatic rings. The monoisotopic (exact) mass is 833 g/mol. The number of hydrogen-bond donors (Lipinski definition) is 1. The first-order valence-electron chi connectivity index (χ1n) is 23.9. The minimum Gasteiger partial charge on any atom is -0.356 e. The molecule has 0 bridgehead atoms. The van der Waals surface area contributed by atoms with E-state index in [1.165, 1.54) is 145 Å². The van der Waals surface area contributed by atoms with E-state index in [0.29, 0.717) is 0 Å². The van der Waals surface area contributed by atoms with Crippen LogP contribution >= 0.6 is 11.3 Å². The van der Waals surface area contributed by atoms with Gasteiger partial charge in [-0.05, 0) is 173 Å². The summed E-state index contributed by atoms with van der Waals surface area (Å²) in [6.07, 6.45) is 9.86. The molecule has 0 spiro atoms. The van der Waals surface area contributed by atoms with Gasteiger partial charge in [-0.15, -0.1) is 11.3 Å². The summed E-state index contributed by atoms with van der Waals surface area (Å²) in [4.78, 5) is 5.44. The van der Waals surface area contributed by atoms with Crippen molar-refractivity contribution in [2.75, 3.05) is 15.1 Å². The highest BCUT2D eigenvalue weighted by molar-refractivity contribution is 7.33. The van der Waals surface area contributed by atoms with Crippen LogP contribution in [0, 0.1) is 6.92 Å². The Balaban J connectivity index is 1.11. The van der Waals surface area contributed by atoms with Gasteiger partial charge in [-0.3, -0.25) is 0 Å². The average molecular weight is 834 g/mol. The van der Waals surface area contributed by atoms with Crippen molar-refractivity contribution in [3.05, 3.63) is 118 Å². The third kappa shape index (κ3) is 5.07. The minimum atomic E-state index is 0.0167. The van der Waals surface area contributed by atoms with Crippen LogP contribution in [0.5, 0.6) is 0 Å². The minimum absolute atomic E-state index is 0.0167. The lowest BCUT2D eigenvalue weighted by molar-refractivity contribution is 0.195. The summed E-state index contributed by atoms with van der Waals surface area (Å²) >= 11 is 2.06. The molecule has 6 aromatic rings. The second-order valence-electron chi connectivity index (χ2n) is 23.6. The zero-order chi connectivity index (χ0) is 43.1. The van der Waals surface area contributed by atoms with E-state index >= 15 is 0 Å². The average Bonchev–Trinajstić information content (AvgIpc) is 3.70. The van der Waals surface area contributed by atoms with Gasteiger partial charge in [0, 0.05) is 54.4 Å². The molecule has 1 aromatic heterocycles. The molecular formula is C57H64BN3S. The fourth-order valence-electron chi connectivity index (χ4n) is 13.8. The third-order valence-electron chi connectivity index (χ3n) is 18.0. The van der Waals surface area contributed by atoms with Gasteiger partial charge in [0.2, 0.25) is 0 Å². The number of nitrogens with zero attached hydrogens (tertiary/aromatic N) is 2. The number of thiophene rings is 1. The Morgan fingerprint density at radius 2 is 1.21 bits per heavy atom. The van der Waals surface area contributed by atoms with Gasteiger partial charge in [-0.25, -0.2) is 0 Å². The number of hydrogen-bond acceptors (Lipinski definition) is 4. The van der Waals surface area contributed by atoms with E-state index in [-0.39, 0.29) is 39.3 Å². The summed E-state index contributed by atoms with van der Waals surface area (Å²) in [5, 5.41) is 5.54. The quantitative estimate of drug-likeness (QED) is 0.175. The normalized spacial score (nSPS) is 25.2. The summed E-state index contributed by atoms with van der Waals surface area (Å²) in [5.41, 5.74) is 21.6. The number of aryl methyl sites for hydroxylation is 1. The lowest BCUT2D eigenvalue weighted by atomic mass is 9.36. The molecule has 316 valence electrons. The SMILES string of the molecule is Cc1cc2c3c(c1)N(c1ccc4c(c1)C(C)(C)CCC4(C)C)c1c(sc4cc5c(cc14)C(C)(C)CCC5(C)C)B3c1ccc(N3c4ccccc4C4(C)CCCCC34C)cc1N2. The number of para-hydroxylation sites is 1. The van der Waals surface area contributed by atoms with Crippen LogP contribution in [-0.4, -0.2) is 12.3 Å². The first kappa shape index (κ1) is 39.1. The van der Waals surface area contributed by atoms with Crippen LogP contribution in [0.4, 0.5) is 39.8 Å². The number of rotatable bonds is 2. The Labute approximate surface area is 375 Å². The van der Waals surface area contributed by atoms with Gasteiger partial charge in [0.25, 0.3) is 6.71 Å². The van der Waals surface area contributed by atoms with E-state index in [0.717, 1.165) is 0 Å². The maximum atomic E-state index is 4.13. The van der Waals surface area contributed by atoms with Gasteiger partial charge >= 0.3 is 0 Å². The third-order valence-corrected chi connectivity index (χ3v) is 19.2. The fraction of sp³-hybridized carbons (Fsp3) is 0.439. The Morgan fingerprint density at radius 3 is 1.95 bits per heavy atom. The van der Waals surface area contributed by atoms with Gasteiger partial charge in [-0.2, -0.15) is 0 Å². The molecule has 62 heavy (non-hydrogen) atoms. The molecule has 0 saturated heterocycles. The van der Waals surface area contributed by atoms with Crippen molar-refractivity contribution >= 4 is 83.6 Å². The molecular weight excluding hydrogens is 770 g/mol. The van der Waals surface area contributed by atoms with Crippen molar-refractivity contribution in [2.45, 2.75) is 160 Å². The first-order valence-corrected chi connectivity index (χ1v) is 24.7. The number of nitrogens with one attached hydrogen (secondary N) is 1. The zero-order valence-corrected chi connectivity index (χ0v) is 39.9. The highest BCUT2D eigenvalue weighted by atomic mass is 32.1. The van der Waals surface area contributed by atoms with Gasteiger partial charge in [0.05, 0.1) is 11.2 Å². The standard InChI is InChI=1S/C57H64BN3S/c1-34-28-45-49-47(29-34)60(35-18-20-38-40(30-35)53(4,5)25-24-52(38,2)3)50-37-32-41-42(55(8,9)27-26-54(41,6)7)33-48(37)62-51(50)58(49)43-21-19-36(31-44(43)59-45)61-46-17-13-12-16-39(46)56(10)22-14-15-23-57(56,61)11/h12-13,16-21,28-33,59H,14-15,22-27H2,1-11H3. The summed E-state index contributed by atoms with van der Waals surface area (Å²) in [7, 11) is 0. The summed E-state index contributed by atoms with van der Waals surface area (Å²) < 4.78 is 2.90. The molecule has 5 heteroatoms. The highest BCUT2D eigenvalue weighted by Crippen LogP contribution is 2.61. The largest absolute Gasteiger partial charge is 0.356 e. The lowest BCUT2D eigenvalue weighted by Gasteiger charge is -2.50. The van der Waals surface area contributed by atoms with E-state index in [1.54, 1.807) is 5.56 Å². The van der Waals surface area contributed by atoms with Crippen LogP contribution in [-0.2, 0) is 27.1 Å². The molecule has 12 rings (SSSR count). The summed E-state index contributed by atoms with van der Waals surface area (Å²) in [6.45, 7) is 27.3. The Morgan fingerprint density at radius 1 is 0.565 bits per heavy atom. The van der Waals surface area contributed by atoms with Crippen LogP contribution in [0.1, 0.15) is 154 Å². The molecule has 0 amide bonds. The van der Waals surface area contributed by atoms with Crippen LogP contribution in [0.15, 0.2) is 84.9 Å². The summed E-state index contributed by atoms with van der Waals surface area (Å²) in [5.74, 6) is 0. The molecule has 3 aliphatic carbocycles. The Kier molecular flexibility index (Phi) is 7.83. The number of benzene rings is 5. The van der Waals surface area contributed by atoms with Crippen molar-refractivity contribution in [2.24, 2.45) is 0 Å². The van der Waals surface area contributed by atoms with Crippen LogP contribution in [0.25, 0.3) is 10.1 Å². The maximum Gasteiger partial charge on any atom is 0.264 e.